The minimum absolute atomic E-state index is 0. The molecule has 224 valence electrons. The van der Waals surface area contributed by atoms with Crippen LogP contribution >= 0.6 is 0 Å². The van der Waals surface area contributed by atoms with Crippen LogP contribution in [0.5, 0.6) is 0 Å². The molecule has 0 aromatic heterocycles. The molecule has 0 amide bonds. The van der Waals surface area contributed by atoms with Crippen LogP contribution in [0.15, 0.2) is 53.4 Å². The number of nitrogens with one attached hydrogen (secondary N) is 1. The SMILES string of the molecule is CCCCCCCCCCCCCCCCCCCCC1Nc2c(cccc2S(=O)(=O)[O-])N1Cc1ccccc1.[Na+]. The van der Waals surface area contributed by atoms with Crippen LogP contribution in [0.2, 0.25) is 0 Å². The van der Waals surface area contributed by atoms with E-state index < -0.39 is 10.1 Å². The molecule has 0 aliphatic carbocycles. The fourth-order valence-corrected chi connectivity index (χ4v) is 6.63. The van der Waals surface area contributed by atoms with Gasteiger partial charge >= 0.3 is 29.6 Å². The zero-order valence-electron chi connectivity index (χ0n) is 25.9. The van der Waals surface area contributed by atoms with E-state index in [1.54, 1.807) is 6.07 Å². The standard InChI is InChI=1S/C34H54N2O3S.Na/c1-2-3-4-5-6-7-8-9-10-11-12-13-14-15-16-17-18-22-28-33-35-34-31(26-23-27-32(34)40(37,38)39)36(33)29-30-24-20-19-21-25-30;/h19-21,23-27,33,35H,2-18,22,28-29H2,1H3,(H,37,38,39);/q;+1/p-1. The van der Waals surface area contributed by atoms with Crippen LogP contribution in [0.3, 0.4) is 0 Å². The third-order valence-corrected chi connectivity index (χ3v) is 9.18. The number of hydrogen-bond acceptors (Lipinski definition) is 5. The number of unbranched alkanes of at least 4 members (excludes halogenated alkanes) is 17. The van der Waals surface area contributed by atoms with E-state index >= 15 is 0 Å². The molecule has 5 nitrogen and oxygen atoms in total. The molecule has 0 saturated heterocycles. The van der Waals surface area contributed by atoms with Gasteiger partial charge in [-0.15, -0.1) is 0 Å². The second-order valence-electron chi connectivity index (χ2n) is 11.7. The van der Waals surface area contributed by atoms with Gasteiger partial charge in [0, 0.05) is 6.54 Å². The third kappa shape index (κ3) is 13.4. The number of nitrogens with zero attached hydrogens (tertiary/aromatic N) is 1. The van der Waals surface area contributed by atoms with Gasteiger partial charge in [-0.25, -0.2) is 8.42 Å². The second kappa shape index (κ2) is 20.8. The Hall–Kier alpha value is -1.05. The number of para-hydroxylation sites is 1. The van der Waals surface area contributed by atoms with Crippen molar-refractivity contribution in [2.45, 2.75) is 147 Å². The van der Waals surface area contributed by atoms with Crippen LogP contribution in [0.1, 0.15) is 134 Å². The van der Waals surface area contributed by atoms with Crippen molar-refractivity contribution in [1.82, 2.24) is 0 Å². The molecule has 0 saturated carbocycles. The molecule has 7 heteroatoms. The summed E-state index contributed by atoms with van der Waals surface area (Å²) in [5, 5.41) is 3.38. The molecule has 1 heterocycles. The molecule has 1 aliphatic rings. The zero-order chi connectivity index (χ0) is 28.5. The summed E-state index contributed by atoms with van der Waals surface area (Å²) in [6.45, 7) is 2.95. The summed E-state index contributed by atoms with van der Waals surface area (Å²) in [5.74, 6) is 0. The molecule has 0 radical (unpaired) electrons. The number of benzene rings is 2. The fourth-order valence-electron chi connectivity index (χ4n) is 5.97. The van der Waals surface area contributed by atoms with Gasteiger partial charge in [-0.1, -0.05) is 152 Å². The molecule has 1 aliphatic heterocycles. The molecule has 0 spiro atoms. The van der Waals surface area contributed by atoms with Gasteiger partial charge in [-0.2, -0.15) is 0 Å². The van der Waals surface area contributed by atoms with Crippen molar-refractivity contribution in [2.75, 3.05) is 10.2 Å². The van der Waals surface area contributed by atoms with Crippen molar-refractivity contribution in [1.29, 1.82) is 0 Å². The molecule has 41 heavy (non-hydrogen) atoms. The largest absolute Gasteiger partial charge is 1.00 e. The first-order chi connectivity index (χ1) is 19.5. The molecular formula is C34H53N2NaO3S. The van der Waals surface area contributed by atoms with Gasteiger partial charge in [0.15, 0.2) is 0 Å². The molecule has 2 aromatic rings. The Balaban J connectivity index is 0.00000588. The molecule has 3 rings (SSSR count). The van der Waals surface area contributed by atoms with E-state index in [-0.39, 0.29) is 40.6 Å². The van der Waals surface area contributed by atoms with Gasteiger partial charge in [0.1, 0.15) is 10.1 Å². The van der Waals surface area contributed by atoms with E-state index in [0.717, 1.165) is 24.1 Å². The predicted molar refractivity (Wildman–Crippen MR) is 168 cm³/mol. The first-order valence-corrected chi connectivity index (χ1v) is 17.6. The quantitative estimate of drug-likeness (QED) is 0.0927. The van der Waals surface area contributed by atoms with E-state index in [4.69, 9.17) is 0 Å². The summed E-state index contributed by atoms with van der Waals surface area (Å²) >= 11 is 0. The normalized spacial score (nSPS) is 14.5. The van der Waals surface area contributed by atoms with Crippen molar-refractivity contribution in [3.63, 3.8) is 0 Å². The number of hydrogen-bond donors (Lipinski definition) is 1. The van der Waals surface area contributed by atoms with Gasteiger partial charge in [0.2, 0.25) is 0 Å². The maximum atomic E-state index is 11.9. The van der Waals surface area contributed by atoms with Crippen LogP contribution in [-0.4, -0.2) is 19.1 Å². The smallest absolute Gasteiger partial charge is 0.744 e. The van der Waals surface area contributed by atoms with E-state index in [2.05, 4.69) is 29.3 Å². The van der Waals surface area contributed by atoms with Crippen LogP contribution in [0.25, 0.3) is 0 Å². The van der Waals surface area contributed by atoms with E-state index in [1.807, 2.05) is 24.3 Å². The van der Waals surface area contributed by atoms with Crippen molar-refractivity contribution >= 4 is 21.5 Å². The zero-order valence-corrected chi connectivity index (χ0v) is 28.7. The number of rotatable bonds is 22. The predicted octanol–water partition coefficient (Wildman–Crippen LogP) is 6.78. The van der Waals surface area contributed by atoms with E-state index in [1.165, 1.54) is 115 Å². The maximum Gasteiger partial charge on any atom is 1.00 e. The first-order valence-electron chi connectivity index (χ1n) is 16.2. The summed E-state index contributed by atoms with van der Waals surface area (Å²) in [6.07, 6.45) is 25.3. The summed E-state index contributed by atoms with van der Waals surface area (Å²) in [6, 6.07) is 15.2. The number of fused-ring (bicyclic) bond motifs is 1. The van der Waals surface area contributed by atoms with Crippen LogP contribution in [-0.2, 0) is 16.7 Å². The summed E-state index contributed by atoms with van der Waals surface area (Å²) < 4.78 is 35.7. The van der Waals surface area contributed by atoms with Gasteiger partial charge in [0.25, 0.3) is 0 Å². The molecule has 1 N–H and O–H groups in total. The molecule has 0 bridgehead atoms. The Morgan fingerprint density at radius 3 is 1.66 bits per heavy atom. The molecule has 2 aromatic carbocycles. The Labute approximate surface area is 273 Å². The van der Waals surface area contributed by atoms with Gasteiger partial charge in [-0.3, -0.25) is 0 Å². The van der Waals surface area contributed by atoms with Crippen LogP contribution in [0.4, 0.5) is 11.4 Å². The Morgan fingerprint density at radius 1 is 0.683 bits per heavy atom. The van der Waals surface area contributed by atoms with Crippen LogP contribution < -0.4 is 39.8 Å². The Kier molecular flexibility index (Phi) is 18.3. The monoisotopic (exact) mass is 592 g/mol. The van der Waals surface area contributed by atoms with Crippen molar-refractivity contribution in [3.05, 3.63) is 54.1 Å². The summed E-state index contributed by atoms with van der Waals surface area (Å²) in [4.78, 5) is 2.07. The second-order valence-corrected chi connectivity index (χ2v) is 13.0. The average molecular weight is 593 g/mol. The first kappa shape index (κ1) is 36.1. The third-order valence-electron chi connectivity index (χ3n) is 8.30. The molecule has 1 atom stereocenters. The topological polar surface area (TPSA) is 72.5 Å². The Morgan fingerprint density at radius 2 is 1.17 bits per heavy atom. The van der Waals surface area contributed by atoms with Crippen LogP contribution in [0, 0.1) is 0 Å². The molecule has 1 unspecified atom stereocenters. The van der Waals surface area contributed by atoms with Crippen molar-refractivity contribution < 1.29 is 42.5 Å². The maximum absolute atomic E-state index is 11.9. The fraction of sp³-hybridized carbons (Fsp3) is 0.647. The summed E-state index contributed by atoms with van der Waals surface area (Å²) in [7, 11) is -4.54. The van der Waals surface area contributed by atoms with Gasteiger partial charge in [-0.05, 0) is 30.5 Å². The van der Waals surface area contributed by atoms with Gasteiger partial charge in [0.05, 0.1) is 22.4 Å². The molecular weight excluding hydrogens is 539 g/mol. The van der Waals surface area contributed by atoms with Gasteiger partial charge < -0.3 is 14.8 Å². The van der Waals surface area contributed by atoms with E-state index in [0.29, 0.717) is 12.2 Å². The molecule has 0 fully saturated rings. The van der Waals surface area contributed by atoms with E-state index in [9.17, 15) is 13.0 Å². The minimum atomic E-state index is -4.54. The van der Waals surface area contributed by atoms with Crippen molar-refractivity contribution in [2.24, 2.45) is 0 Å². The average Bonchev–Trinajstić information content (AvgIpc) is 3.29. The number of anilines is 2. The Bertz CT molecular complexity index is 1060. The summed E-state index contributed by atoms with van der Waals surface area (Å²) in [5.41, 5.74) is 2.42. The minimum Gasteiger partial charge on any atom is -0.744 e. The van der Waals surface area contributed by atoms with Crippen molar-refractivity contribution in [3.8, 4) is 0 Å².